The molecule has 0 aliphatic carbocycles. The molecule has 0 spiro atoms. The van der Waals surface area contributed by atoms with Gasteiger partial charge < -0.3 is 10.0 Å². The van der Waals surface area contributed by atoms with E-state index < -0.39 is 0 Å². The molecule has 88 valence electrons. The van der Waals surface area contributed by atoms with Crippen molar-refractivity contribution in [3.63, 3.8) is 0 Å². The van der Waals surface area contributed by atoms with Crippen LogP contribution in [0, 0.1) is 5.92 Å². The van der Waals surface area contributed by atoms with Gasteiger partial charge in [-0.15, -0.1) is 0 Å². The molecule has 1 fully saturated rings. The molecule has 5 heteroatoms. The molecule has 0 radical (unpaired) electrons. The molecule has 1 aromatic heterocycles. The Bertz CT molecular complexity index is 564. The molecular formula is C12H13N3O2. The number of nitrogens with one attached hydrogen (secondary N) is 1. The van der Waals surface area contributed by atoms with E-state index in [1.165, 1.54) is 0 Å². The molecule has 2 N–H and O–H groups in total. The number of carbonyl (C=O) groups excluding carboxylic acids is 1. The van der Waals surface area contributed by atoms with Gasteiger partial charge in [0.15, 0.2) is 0 Å². The van der Waals surface area contributed by atoms with Crippen molar-refractivity contribution in [2.45, 2.75) is 6.42 Å². The lowest BCUT2D eigenvalue weighted by Gasteiger charge is -2.17. The van der Waals surface area contributed by atoms with E-state index in [0.717, 1.165) is 16.6 Å². The number of anilines is 1. The molecule has 1 amide bonds. The second-order valence-electron chi connectivity index (χ2n) is 4.37. The summed E-state index contributed by atoms with van der Waals surface area (Å²) in [4.78, 5) is 13.6. The summed E-state index contributed by atoms with van der Waals surface area (Å²) in [5.41, 5.74) is 1.79. The standard InChI is InChI=1S/C12H13N3O2/c16-7-8-4-12(17)15(6-8)11-3-1-2-10-9(11)5-13-14-10/h1-3,5,8,16H,4,6-7H2,(H,13,14). The molecule has 17 heavy (non-hydrogen) atoms. The number of benzene rings is 1. The van der Waals surface area contributed by atoms with Crippen LogP contribution in [-0.2, 0) is 4.79 Å². The highest BCUT2D eigenvalue weighted by Gasteiger charge is 2.30. The molecule has 2 heterocycles. The highest BCUT2D eigenvalue weighted by Crippen LogP contribution is 2.30. The number of H-pyrrole nitrogens is 1. The quantitative estimate of drug-likeness (QED) is 0.807. The fourth-order valence-electron chi connectivity index (χ4n) is 2.32. The van der Waals surface area contributed by atoms with Crippen molar-refractivity contribution in [2.24, 2.45) is 5.92 Å². The van der Waals surface area contributed by atoms with Gasteiger partial charge in [0, 0.05) is 30.9 Å². The Morgan fingerprint density at radius 2 is 2.41 bits per heavy atom. The minimum atomic E-state index is 0.0460. The topological polar surface area (TPSA) is 69.2 Å². The van der Waals surface area contributed by atoms with Gasteiger partial charge in [0.05, 0.1) is 17.4 Å². The number of nitrogens with zero attached hydrogens (tertiary/aromatic N) is 2. The molecule has 5 nitrogen and oxygen atoms in total. The molecule has 2 aromatic rings. The lowest BCUT2D eigenvalue weighted by molar-refractivity contribution is -0.117. The summed E-state index contributed by atoms with van der Waals surface area (Å²) in [5.74, 6) is 0.113. The zero-order chi connectivity index (χ0) is 11.8. The molecule has 1 atom stereocenters. The summed E-state index contributed by atoms with van der Waals surface area (Å²) in [6.45, 7) is 0.642. The third-order valence-electron chi connectivity index (χ3n) is 3.22. The third kappa shape index (κ3) is 1.59. The van der Waals surface area contributed by atoms with Crippen LogP contribution in [0.3, 0.4) is 0 Å². The minimum absolute atomic E-state index is 0.0460. The lowest BCUT2D eigenvalue weighted by Crippen LogP contribution is -2.24. The Hall–Kier alpha value is -1.88. The zero-order valence-corrected chi connectivity index (χ0v) is 9.26. The van der Waals surface area contributed by atoms with E-state index in [-0.39, 0.29) is 18.4 Å². The van der Waals surface area contributed by atoms with Gasteiger partial charge in [0.1, 0.15) is 0 Å². The van der Waals surface area contributed by atoms with Crippen LogP contribution in [0.25, 0.3) is 10.9 Å². The highest BCUT2D eigenvalue weighted by atomic mass is 16.3. The van der Waals surface area contributed by atoms with E-state index >= 15 is 0 Å². The number of aromatic nitrogens is 2. The van der Waals surface area contributed by atoms with Gasteiger partial charge in [-0.2, -0.15) is 5.10 Å². The van der Waals surface area contributed by atoms with Crippen molar-refractivity contribution in [1.82, 2.24) is 10.2 Å². The van der Waals surface area contributed by atoms with Crippen molar-refractivity contribution >= 4 is 22.5 Å². The molecule has 1 aromatic carbocycles. The Balaban J connectivity index is 2.04. The average Bonchev–Trinajstić information content (AvgIpc) is 2.94. The smallest absolute Gasteiger partial charge is 0.227 e. The predicted molar refractivity (Wildman–Crippen MR) is 63.6 cm³/mol. The Kier molecular flexibility index (Phi) is 2.33. The molecule has 1 aliphatic rings. The number of rotatable bonds is 2. The van der Waals surface area contributed by atoms with E-state index in [4.69, 9.17) is 5.11 Å². The number of aliphatic hydroxyl groups is 1. The number of hydrogen-bond donors (Lipinski definition) is 2. The molecular weight excluding hydrogens is 218 g/mol. The van der Waals surface area contributed by atoms with Gasteiger partial charge in [-0.3, -0.25) is 9.89 Å². The molecule has 0 saturated carbocycles. The Labute approximate surface area is 98.0 Å². The fourth-order valence-corrected chi connectivity index (χ4v) is 2.32. The van der Waals surface area contributed by atoms with Crippen molar-refractivity contribution in [3.05, 3.63) is 24.4 Å². The van der Waals surface area contributed by atoms with Crippen LogP contribution in [0.2, 0.25) is 0 Å². The number of aliphatic hydroxyl groups excluding tert-OH is 1. The summed E-state index contributed by atoms with van der Waals surface area (Å²) >= 11 is 0. The number of fused-ring (bicyclic) bond motifs is 1. The van der Waals surface area contributed by atoms with Gasteiger partial charge in [0.2, 0.25) is 5.91 Å². The van der Waals surface area contributed by atoms with Crippen LogP contribution in [0.1, 0.15) is 6.42 Å². The minimum Gasteiger partial charge on any atom is -0.396 e. The fraction of sp³-hybridized carbons (Fsp3) is 0.333. The van der Waals surface area contributed by atoms with Crippen LogP contribution < -0.4 is 4.90 Å². The second-order valence-corrected chi connectivity index (χ2v) is 4.37. The third-order valence-corrected chi connectivity index (χ3v) is 3.22. The van der Waals surface area contributed by atoms with Gasteiger partial charge in [-0.1, -0.05) is 6.07 Å². The van der Waals surface area contributed by atoms with Crippen molar-refractivity contribution in [1.29, 1.82) is 0 Å². The summed E-state index contributed by atoms with van der Waals surface area (Å²) in [7, 11) is 0. The summed E-state index contributed by atoms with van der Waals surface area (Å²) in [6.07, 6.45) is 2.15. The number of aromatic amines is 1. The number of hydrogen-bond acceptors (Lipinski definition) is 3. The van der Waals surface area contributed by atoms with Crippen LogP contribution in [0.4, 0.5) is 5.69 Å². The van der Waals surface area contributed by atoms with Crippen LogP contribution in [0.15, 0.2) is 24.4 Å². The van der Waals surface area contributed by atoms with Crippen LogP contribution in [-0.4, -0.2) is 34.4 Å². The molecule has 1 saturated heterocycles. The average molecular weight is 231 g/mol. The van der Waals surface area contributed by atoms with E-state index in [1.807, 2.05) is 18.2 Å². The van der Waals surface area contributed by atoms with Gasteiger partial charge in [0.25, 0.3) is 0 Å². The van der Waals surface area contributed by atoms with E-state index in [9.17, 15) is 4.79 Å². The van der Waals surface area contributed by atoms with E-state index in [1.54, 1.807) is 11.1 Å². The predicted octanol–water partition coefficient (Wildman–Crippen LogP) is 0.908. The van der Waals surface area contributed by atoms with E-state index in [0.29, 0.717) is 13.0 Å². The van der Waals surface area contributed by atoms with E-state index in [2.05, 4.69) is 10.2 Å². The zero-order valence-electron chi connectivity index (χ0n) is 9.26. The molecule has 0 bridgehead atoms. The SMILES string of the molecule is O=C1CC(CO)CN1c1cccc2[nH]ncc12. The summed E-state index contributed by atoms with van der Waals surface area (Å²) in [5, 5.41) is 16.9. The number of carbonyl (C=O) groups is 1. The van der Waals surface area contributed by atoms with Gasteiger partial charge in [-0.05, 0) is 12.1 Å². The first-order chi connectivity index (χ1) is 8.29. The first-order valence-corrected chi connectivity index (χ1v) is 5.63. The second kappa shape index (κ2) is 3.85. The maximum Gasteiger partial charge on any atom is 0.227 e. The van der Waals surface area contributed by atoms with Crippen molar-refractivity contribution < 1.29 is 9.90 Å². The molecule has 1 unspecified atom stereocenters. The molecule has 1 aliphatic heterocycles. The van der Waals surface area contributed by atoms with Crippen LogP contribution >= 0.6 is 0 Å². The van der Waals surface area contributed by atoms with Crippen LogP contribution in [0.5, 0.6) is 0 Å². The largest absolute Gasteiger partial charge is 0.396 e. The first kappa shape index (κ1) is 10.3. The number of amides is 1. The summed E-state index contributed by atoms with van der Waals surface area (Å²) < 4.78 is 0. The Morgan fingerprint density at radius 3 is 3.18 bits per heavy atom. The monoisotopic (exact) mass is 231 g/mol. The van der Waals surface area contributed by atoms with Crippen molar-refractivity contribution in [3.8, 4) is 0 Å². The van der Waals surface area contributed by atoms with Crippen molar-refractivity contribution in [2.75, 3.05) is 18.1 Å². The molecule has 3 rings (SSSR count). The van der Waals surface area contributed by atoms with Gasteiger partial charge in [-0.25, -0.2) is 0 Å². The summed E-state index contributed by atoms with van der Waals surface area (Å²) in [6, 6.07) is 5.74. The maximum absolute atomic E-state index is 11.9. The highest BCUT2D eigenvalue weighted by molar-refractivity contribution is 6.03. The normalized spacial score (nSPS) is 20.4. The van der Waals surface area contributed by atoms with Gasteiger partial charge >= 0.3 is 0 Å². The Morgan fingerprint density at radius 1 is 1.53 bits per heavy atom. The lowest BCUT2D eigenvalue weighted by atomic mass is 10.1. The first-order valence-electron chi connectivity index (χ1n) is 5.63. The maximum atomic E-state index is 11.9.